The number of urea groups is 1. The van der Waals surface area contributed by atoms with Crippen LogP contribution < -0.4 is 0 Å². The van der Waals surface area contributed by atoms with Gasteiger partial charge in [-0.1, -0.05) is 6.07 Å². The summed E-state index contributed by atoms with van der Waals surface area (Å²) < 4.78 is 100. The molecule has 0 aliphatic carbocycles. The van der Waals surface area contributed by atoms with Crippen molar-refractivity contribution in [1.29, 1.82) is 0 Å². The van der Waals surface area contributed by atoms with Crippen molar-refractivity contribution in [3.63, 3.8) is 0 Å². The molecule has 0 spiro atoms. The van der Waals surface area contributed by atoms with Crippen LogP contribution in [0.15, 0.2) is 36.4 Å². The SMILES string of the molecule is CCOC(=O)C1CCN(C2CCN(C(=O)N(C)C(C)c3cc(C(F)(F)F)cc(C(F)(F)F)c3)C(c3ccc(F)cc3C)C2)C1. The van der Waals surface area contributed by atoms with Crippen LogP contribution in [0.25, 0.3) is 0 Å². The number of benzene rings is 2. The zero-order valence-electron chi connectivity index (χ0n) is 24.9. The van der Waals surface area contributed by atoms with Crippen LogP contribution in [0.1, 0.15) is 73.0 Å². The first-order chi connectivity index (χ1) is 20.5. The van der Waals surface area contributed by atoms with Crippen LogP contribution in [0.2, 0.25) is 0 Å². The first-order valence-corrected chi connectivity index (χ1v) is 14.5. The van der Waals surface area contributed by atoms with E-state index < -0.39 is 47.4 Å². The zero-order valence-corrected chi connectivity index (χ0v) is 24.9. The summed E-state index contributed by atoms with van der Waals surface area (Å²) in [6.07, 6.45) is -8.43. The smallest absolute Gasteiger partial charge is 0.416 e. The largest absolute Gasteiger partial charge is 0.466 e. The van der Waals surface area contributed by atoms with Gasteiger partial charge < -0.3 is 14.5 Å². The third kappa shape index (κ3) is 7.30. The van der Waals surface area contributed by atoms with Gasteiger partial charge in [-0.3, -0.25) is 9.69 Å². The molecule has 2 amide bonds. The number of alkyl halides is 6. The van der Waals surface area contributed by atoms with Crippen molar-refractivity contribution < 1.29 is 45.1 Å². The number of carbonyl (C=O) groups excluding carboxylic acids is 2. The Kier molecular flexibility index (Phi) is 9.87. The molecule has 0 bridgehead atoms. The molecule has 4 unspecified atom stereocenters. The maximum Gasteiger partial charge on any atom is 0.416 e. The molecule has 4 atom stereocenters. The number of hydrogen-bond acceptors (Lipinski definition) is 4. The number of carbonyl (C=O) groups is 2. The second-order valence-electron chi connectivity index (χ2n) is 11.5. The fourth-order valence-corrected chi connectivity index (χ4v) is 6.20. The van der Waals surface area contributed by atoms with Crippen LogP contribution in [-0.4, -0.2) is 66.0 Å². The van der Waals surface area contributed by atoms with Crippen LogP contribution in [0, 0.1) is 18.7 Å². The van der Waals surface area contributed by atoms with Crippen molar-refractivity contribution in [2.45, 2.75) is 70.5 Å². The van der Waals surface area contributed by atoms with Gasteiger partial charge in [0.25, 0.3) is 0 Å². The summed E-state index contributed by atoms with van der Waals surface area (Å²) in [6.45, 7) is 6.51. The lowest BCUT2D eigenvalue weighted by molar-refractivity contribution is -0.147. The molecule has 0 N–H and O–H groups in total. The van der Waals surface area contributed by atoms with Crippen LogP contribution in [0.5, 0.6) is 0 Å². The van der Waals surface area contributed by atoms with Crippen LogP contribution in [0.3, 0.4) is 0 Å². The molecule has 2 fully saturated rings. The summed E-state index contributed by atoms with van der Waals surface area (Å²) in [6, 6.07) is 3.26. The Morgan fingerprint density at radius 2 is 1.64 bits per heavy atom. The van der Waals surface area contributed by atoms with Gasteiger partial charge in [0.2, 0.25) is 0 Å². The average molecular weight is 632 g/mol. The first-order valence-electron chi connectivity index (χ1n) is 14.5. The second-order valence-corrected chi connectivity index (χ2v) is 11.5. The van der Waals surface area contributed by atoms with Crippen molar-refractivity contribution in [3.8, 4) is 0 Å². The van der Waals surface area contributed by atoms with E-state index in [9.17, 15) is 40.3 Å². The Hall–Kier alpha value is -3.35. The standard InChI is InChI=1S/C31H36F7N3O3/c1-5-44-28(42)20-8-10-40(17-20)25-9-11-41(27(16-25)26-7-6-24(32)12-18(26)2)29(43)39(4)19(3)21-13-22(30(33,34)35)15-23(14-21)31(36,37)38/h6-7,12-15,19-20,25,27H,5,8-11,16-17H2,1-4H3. The summed E-state index contributed by atoms with van der Waals surface area (Å²) in [7, 11) is 1.34. The molecule has 0 radical (unpaired) electrons. The normalized spacial score (nSPS) is 22.2. The van der Waals surface area contributed by atoms with Gasteiger partial charge in [-0.15, -0.1) is 0 Å². The van der Waals surface area contributed by atoms with Gasteiger partial charge in [0.05, 0.1) is 35.7 Å². The minimum Gasteiger partial charge on any atom is -0.466 e. The number of ether oxygens (including phenoxy) is 1. The monoisotopic (exact) mass is 631 g/mol. The van der Waals surface area contributed by atoms with E-state index in [4.69, 9.17) is 4.74 Å². The van der Waals surface area contributed by atoms with E-state index in [0.29, 0.717) is 55.6 Å². The molecular formula is C31H36F7N3O3. The predicted molar refractivity (Wildman–Crippen MR) is 148 cm³/mol. The quantitative estimate of drug-likeness (QED) is 0.247. The topological polar surface area (TPSA) is 53.1 Å². The van der Waals surface area contributed by atoms with E-state index >= 15 is 0 Å². The lowest BCUT2D eigenvalue weighted by Crippen LogP contribution is -2.51. The van der Waals surface area contributed by atoms with Gasteiger partial charge in [-0.05, 0) is 93.6 Å². The molecule has 6 nitrogen and oxygen atoms in total. The lowest BCUT2D eigenvalue weighted by Gasteiger charge is -2.45. The van der Waals surface area contributed by atoms with Gasteiger partial charge in [-0.25, -0.2) is 9.18 Å². The van der Waals surface area contributed by atoms with Crippen LogP contribution in [-0.2, 0) is 21.9 Å². The summed E-state index contributed by atoms with van der Waals surface area (Å²) in [5.41, 5.74) is -1.94. The number of piperidine rings is 1. The van der Waals surface area contributed by atoms with E-state index in [2.05, 4.69) is 4.90 Å². The Morgan fingerprint density at radius 3 is 2.20 bits per heavy atom. The van der Waals surface area contributed by atoms with Crippen molar-refractivity contribution in [2.75, 3.05) is 33.3 Å². The number of halogens is 7. The zero-order chi connectivity index (χ0) is 32.6. The highest BCUT2D eigenvalue weighted by Crippen LogP contribution is 2.40. The third-order valence-corrected chi connectivity index (χ3v) is 8.74. The molecule has 4 rings (SSSR count). The molecule has 13 heteroatoms. The van der Waals surface area contributed by atoms with Gasteiger partial charge in [0.15, 0.2) is 0 Å². The molecule has 2 aromatic rings. The van der Waals surface area contributed by atoms with Crippen molar-refractivity contribution >= 4 is 12.0 Å². The van der Waals surface area contributed by atoms with Crippen molar-refractivity contribution in [2.24, 2.45) is 5.92 Å². The lowest BCUT2D eigenvalue weighted by atomic mass is 9.88. The molecule has 0 saturated carbocycles. The van der Waals surface area contributed by atoms with Gasteiger partial charge >= 0.3 is 24.4 Å². The molecule has 2 aliphatic rings. The highest BCUT2D eigenvalue weighted by atomic mass is 19.4. The minimum atomic E-state index is -5.02. The van der Waals surface area contributed by atoms with Crippen molar-refractivity contribution in [3.05, 3.63) is 70.0 Å². The molecule has 2 aromatic carbocycles. The summed E-state index contributed by atoms with van der Waals surface area (Å²) in [4.78, 5) is 31.1. The van der Waals surface area contributed by atoms with Gasteiger partial charge in [0.1, 0.15) is 5.82 Å². The average Bonchev–Trinajstić information content (AvgIpc) is 3.45. The fourth-order valence-electron chi connectivity index (χ4n) is 6.20. The fraction of sp³-hybridized carbons (Fsp3) is 0.548. The highest BCUT2D eigenvalue weighted by Gasteiger charge is 2.42. The number of hydrogen-bond donors (Lipinski definition) is 0. The minimum absolute atomic E-state index is 0.0199. The maximum absolute atomic E-state index is 14.0. The van der Waals surface area contributed by atoms with Crippen LogP contribution >= 0.6 is 0 Å². The molecular weight excluding hydrogens is 595 g/mol. The number of likely N-dealkylation sites (tertiary alicyclic amines) is 2. The van der Waals surface area contributed by atoms with E-state index in [-0.39, 0.29) is 42.7 Å². The maximum atomic E-state index is 14.0. The molecule has 0 aromatic heterocycles. The summed E-state index contributed by atoms with van der Waals surface area (Å²) in [5.74, 6) is -0.974. The van der Waals surface area contributed by atoms with Crippen LogP contribution in [0.4, 0.5) is 35.5 Å². The van der Waals surface area contributed by atoms with Gasteiger partial charge in [-0.2, -0.15) is 26.3 Å². The highest BCUT2D eigenvalue weighted by molar-refractivity contribution is 5.76. The van der Waals surface area contributed by atoms with E-state index in [1.807, 2.05) is 0 Å². The number of aryl methyl sites for hydroxylation is 1. The first kappa shape index (κ1) is 33.5. The summed E-state index contributed by atoms with van der Waals surface area (Å²) in [5, 5.41) is 0. The second kappa shape index (κ2) is 12.9. The molecule has 2 saturated heterocycles. The molecule has 2 heterocycles. The van der Waals surface area contributed by atoms with E-state index in [1.165, 1.54) is 26.1 Å². The molecule has 242 valence electrons. The Morgan fingerprint density at radius 1 is 1.00 bits per heavy atom. The number of amides is 2. The van der Waals surface area contributed by atoms with E-state index in [0.717, 1.165) is 4.90 Å². The molecule has 2 aliphatic heterocycles. The van der Waals surface area contributed by atoms with Gasteiger partial charge in [0, 0.05) is 26.2 Å². The summed E-state index contributed by atoms with van der Waals surface area (Å²) >= 11 is 0. The predicted octanol–water partition coefficient (Wildman–Crippen LogP) is 7.38. The third-order valence-electron chi connectivity index (χ3n) is 8.74. The number of esters is 1. The Balaban J connectivity index is 1.62. The Labute approximate surface area is 251 Å². The van der Waals surface area contributed by atoms with E-state index in [1.54, 1.807) is 24.8 Å². The Bertz CT molecular complexity index is 1330. The number of nitrogens with zero attached hydrogens (tertiary/aromatic N) is 3. The number of rotatable bonds is 6. The van der Waals surface area contributed by atoms with Crippen molar-refractivity contribution in [1.82, 2.24) is 14.7 Å². The molecule has 44 heavy (non-hydrogen) atoms.